The average Bonchev–Trinajstić information content (AvgIpc) is 2.24. The van der Waals surface area contributed by atoms with Gasteiger partial charge in [-0.3, -0.25) is 0 Å². The van der Waals surface area contributed by atoms with Crippen LogP contribution in [0.1, 0.15) is 26.3 Å². The molecule has 0 bridgehead atoms. The summed E-state index contributed by atoms with van der Waals surface area (Å²) in [5.74, 6) is -0.957. The summed E-state index contributed by atoms with van der Waals surface area (Å²) in [6.07, 6.45) is 1.20. The van der Waals surface area contributed by atoms with Gasteiger partial charge in [0.1, 0.15) is 0 Å². The van der Waals surface area contributed by atoms with Crippen LogP contribution in [-0.4, -0.2) is 23.3 Å². The van der Waals surface area contributed by atoms with Crippen LogP contribution in [0.25, 0.3) is 5.57 Å². The Bertz CT molecular complexity index is 399. The smallest absolute Gasteiger partial charge is 0.328 e. The number of aliphatic carboxylic acids is 1. The fourth-order valence-corrected chi connectivity index (χ4v) is 1.30. The lowest BCUT2D eigenvalue weighted by Crippen LogP contribution is -2.20. The summed E-state index contributed by atoms with van der Waals surface area (Å²) in [7, 11) is 0. The van der Waals surface area contributed by atoms with E-state index in [4.69, 9.17) is 9.84 Å². The highest BCUT2D eigenvalue weighted by Crippen LogP contribution is 2.17. The van der Waals surface area contributed by atoms with Crippen molar-refractivity contribution in [3.8, 4) is 0 Å². The number of carboxylic acids is 1. The van der Waals surface area contributed by atoms with Gasteiger partial charge in [-0.25, -0.2) is 4.79 Å². The van der Waals surface area contributed by atoms with Gasteiger partial charge < -0.3 is 9.84 Å². The minimum absolute atomic E-state index is 0.285. The van der Waals surface area contributed by atoms with Crippen molar-refractivity contribution in [2.24, 2.45) is 0 Å². The molecule has 17 heavy (non-hydrogen) atoms. The summed E-state index contributed by atoms with van der Waals surface area (Å²) < 4.78 is 5.62. The van der Waals surface area contributed by atoms with E-state index in [0.717, 1.165) is 5.56 Å². The van der Waals surface area contributed by atoms with Gasteiger partial charge in [-0.2, -0.15) is 0 Å². The van der Waals surface area contributed by atoms with Crippen LogP contribution in [0.2, 0.25) is 0 Å². The summed E-state index contributed by atoms with van der Waals surface area (Å²) in [6, 6.07) is 9.40. The van der Waals surface area contributed by atoms with Gasteiger partial charge in [0.05, 0.1) is 12.2 Å². The van der Waals surface area contributed by atoms with Crippen molar-refractivity contribution >= 4 is 11.5 Å². The second-order valence-electron chi connectivity index (χ2n) is 4.77. The first kappa shape index (κ1) is 13.5. The lowest BCUT2D eigenvalue weighted by molar-refractivity contribution is -0.131. The zero-order valence-electron chi connectivity index (χ0n) is 10.4. The van der Waals surface area contributed by atoms with Crippen molar-refractivity contribution in [2.75, 3.05) is 6.61 Å². The van der Waals surface area contributed by atoms with Crippen molar-refractivity contribution in [3.63, 3.8) is 0 Å². The summed E-state index contributed by atoms with van der Waals surface area (Å²) in [5.41, 5.74) is 1.26. The third kappa shape index (κ3) is 5.31. The van der Waals surface area contributed by atoms with Gasteiger partial charge in [0.15, 0.2) is 0 Å². The summed E-state index contributed by atoms with van der Waals surface area (Å²) in [6.45, 7) is 6.11. The number of benzene rings is 1. The first-order chi connectivity index (χ1) is 7.88. The van der Waals surface area contributed by atoms with Gasteiger partial charge in [-0.15, -0.1) is 0 Å². The van der Waals surface area contributed by atoms with Gasteiger partial charge >= 0.3 is 5.97 Å². The SMILES string of the molecule is CC(C)(C)OC/C(=C\C(=O)O)c1ccccc1. The maximum absolute atomic E-state index is 10.8. The highest BCUT2D eigenvalue weighted by atomic mass is 16.5. The lowest BCUT2D eigenvalue weighted by Gasteiger charge is -2.20. The molecule has 1 aromatic carbocycles. The minimum atomic E-state index is -0.957. The molecule has 3 heteroatoms. The van der Waals surface area contributed by atoms with E-state index in [2.05, 4.69) is 0 Å². The number of hydrogen-bond acceptors (Lipinski definition) is 2. The number of carboxylic acid groups (broad SMARTS) is 1. The molecule has 0 fully saturated rings. The molecule has 0 saturated carbocycles. The van der Waals surface area contributed by atoms with Gasteiger partial charge in [-0.1, -0.05) is 30.3 Å². The Labute approximate surface area is 102 Å². The van der Waals surface area contributed by atoms with Crippen molar-refractivity contribution < 1.29 is 14.6 Å². The van der Waals surface area contributed by atoms with Crippen molar-refractivity contribution in [2.45, 2.75) is 26.4 Å². The van der Waals surface area contributed by atoms with Crippen LogP contribution in [0.5, 0.6) is 0 Å². The molecule has 92 valence electrons. The third-order valence-corrected chi connectivity index (χ3v) is 2.10. The van der Waals surface area contributed by atoms with Gasteiger partial charge in [0, 0.05) is 6.08 Å². The van der Waals surface area contributed by atoms with E-state index in [1.165, 1.54) is 6.08 Å². The lowest BCUT2D eigenvalue weighted by atomic mass is 10.1. The van der Waals surface area contributed by atoms with E-state index in [1.54, 1.807) is 0 Å². The minimum Gasteiger partial charge on any atom is -0.478 e. The Morgan fingerprint density at radius 1 is 1.29 bits per heavy atom. The van der Waals surface area contributed by atoms with Gasteiger partial charge in [0.25, 0.3) is 0 Å². The Kier molecular flexibility index (Phi) is 4.46. The van der Waals surface area contributed by atoms with Crippen molar-refractivity contribution in [3.05, 3.63) is 42.0 Å². The van der Waals surface area contributed by atoms with E-state index < -0.39 is 5.97 Å². The molecular weight excluding hydrogens is 216 g/mol. The Balaban J connectivity index is 2.87. The van der Waals surface area contributed by atoms with Gasteiger partial charge in [0.2, 0.25) is 0 Å². The first-order valence-corrected chi connectivity index (χ1v) is 5.51. The number of carbonyl (C=O) groups is 1. The van der Waals surface area contributed by atoms with E-state index in [0.29, 0.717) is 12.2 Å². The van der Waals surface area contributed by atoms with E-state index in [-0.39, 0.29) is 5.60 Å². The summed E-state index contributed by atoms with van der Waals surface area (Å²) in [4.78, 5) is 10.8. The van der Waals surface area contributed by atoms with Crippen LogP contribution in [0.3, 0.4) is 0 Å². The van der Waals surface area contributed by atoms with Crippen LogP contribution in [0.15, 0.2) is 36.4 Å². The largest absolute Gasteiger partial charge is 0.478 e. The first-order valence-electron chi connectivity index (χ1n) is 5.51. The normalized spacial score (nSPS) is 12.5. The van der Waals surface area contributed by atoms with Crippen LogP contribution in [-0.2, 0) is 9.53 Å². The molecule has 0 aliphatic rings. The molecule has 0 aromatic heterocycles. The number of ether oxygens (including phenoxy) is 1. The molecule has 0 aliphatic carbocycles. The van der Waals surface area contributed by atoms with Crippen LogP contribution < -0.4 is 0 Å². The monoisotopic (exact) mass is 234 g/mol. The number of rotatable bonds is 4. The van der Waals surface area contributed by atoms with E-state index in [9.17, 15) is 4.79 Å². The maximum atomic E-state index is 10.8. The van der Waals surface area contributed by atoms with Crippen LogP contribution in [0, 0.1) is 0 Å². The zero-order chi connectivity index (χ0) is 12.9. The molecule has 0 atom stereocenters. The molecule has 3 nitrogen and oxygen atoms in total. The molecule has 1 N–H and O–H groups in total. The molecular formula is C14H18O3. The van der Waals surface area contributed by atoms with E-state index >= 15 is 0 Å². The van der Waals surface area contributed by atoms with Crippen LogP contribution >= 0.6 is 0 Å². The molecule has 0 unspecified atom stereocenters. The summed E-state index contributed by atoms with van der Waals surface area (Å²) >= 11 is 0. The zero-order valence-corrected chi connectivity index (χ0v) is 10.4. The molecule has 0 heterocycles. The number of hydrogen-bond donors (Lipinski definition) is 1. The highest BCUT2D eigenvalue weighted by Gasteiger charge is 2.12. The van der Waals surface area contributed by atoms with Gasteiger partial charge in [-0.05, 0) is 31.9 Å². The standard InChI is InChI=1S/C14H18O3/c1-14(2,3)17-10-12(9-13(15)16)11-7-5-4-6-8-11/h4-9H,10H2,1-3H3,(H,15,16)/b12-9+. The second-order valence-corrected chi connectivity index (χ2v) is 4.77. The summed E-state index contributed by atoms with van der Waals surface area (Å²) in [5, 5.41) is 8.84. The van der Waals surface area contributed by atoms with E-state index in [1.807, 2.05) is 51.1 Å². The molecule has 1 aromatic rings. The highest BCUT2D eigenvalue weighted by molar-refractivity contribution is 5.90. The van der Waals surface area contributed by atoms with Crippen LogP contribution in [0.4, 0.5) is 0 Å². The predicted molar refractivity (Wildman–Crippen MR) is 67.8 cm³/mol. The Morgan fingerprint density at radius 2 is 1.88 bits per heavy atom. The molecule has 0 radical (unpaired) electrons. The topological polar surface area (TPSA) is 46.5 Å². The molecule has 1 rings (SSSR count). The molecule has 0 saturated heterocycles. The molecule has 0 amide bonds. The quantitative estimate of drug-likeness (QED) is 0.815. The fourth-order valence-electron chi connectivity index (χ4n) is 1.30. The van der Waals surface area contributed by atoms with Crippen molar-refractivity contribution in [1.29, 1.82) is 0 Å². The molecule has 0 aliphatic heterocycles. The fraction of sp³-hybridized carbons (Fsp3) is 0.357. The second kappa shape index (κ2) is 5.64. The molecule has 0 spiro atoms. The predicted octanol–water partition coefficient (Wildman–Crippen LogP) is 2.97. The van der Waals surface area contributed by atoms with Crippen molar-refractivity contribution in [1.82, 2.24) is 0 Å². The maximum Gasteiger partial charge on any atom is 0.328 e. The Morgan fingerprint density at radius 3 is 2.35 bits per heavy atom. The third-order valence-electron chi connectivity index (χ3n) is 2.10. The Hall–Kier alpha value is -1.61. The average molecular weight is 234 g/mol.